The minimum Gasteiger partial charge on any atom is -0.464 e. The average Bonchev–Trinajstić information content (AvgIpc) is 2.51. The Morgan fingerprint density at radius 1 is 1.69 bits per heavy atom. The zero-order valence-corrected chi connectivity index (χ0v) is 7.99. The maximum atomic E-state index is 10.5. The lowest BCUT2D eigenvalue weighted by molar-refractivity contribution is -0.141. The minimum atomic E-state index is -0.238. The van der Waals surface area contributed by atoms with Crippen LogP contribution in [-0.4, -0.2) is 22.1 Å². The molecule has 0 atom stereocenters. The fraction of sp³-hybridized carbons (Fsp3) is 0.556. The van der Waals surface area contributed by atoms with Crippen LogP contribution < -0.4 is 0 Å². The number of hydrogen-bond acceptors (Lipinski definition) is 3. The summed E-state index contributed by atoms with van der Waals surface area (Å²) in [6.45, 7) is 4.56. The fourth-order valence-electron chi connectivity index (χ4n) is 1.15. The number of nitrogens with zero attached hydrogens (tertiary/aromatic N) is 2. The molecule has 4 heteroatoms. The van der Waals surface area contributed by atoms with Crippen LogP contribution >= 0.6 is 0 Å². The summed E-state index contributed by atoms with van der Waals surface area (Å²) in [5.74, 6) is 0.783. The van der Waals surface area contributed by atoms with E-state index >= 15 is 0 Å². The summed E-state index contributed by atoms with van der Waals surface area (Å²) in [6.07, 6.45) is 4.54. The summed E-state index contributed by atoms with van der Waals surface area (Å²) in [5.41, 5.74) is 0. The summed E-state index contributed by atoms with van der Waals surface area (Å²) < 4.78 is 6.82. The maximum Gasteiger partial charge on any atom is 0.302 e. The van der Waals surface area contributed by atoms with Crippen LogP contribution in [0.1, 0.15) is 19.7 Å². The van der Waals surface area contributed by atoms with E-state index in [2.05, 4.69) is 4.98 Å². The van der Waals surface area contributed by atoms with Gasteiger partial charge in [0.15, 0.2) is 0 Å². The highest BCUT2D eigenvalue weighted by molar-refractivity contribution is 5.65. The Morgan fingerprint density at radius 2 is 2.46 bits per heavy atom. The lowest BCUT2D eigenvalue weighted by Crippen LogP contribution is -2.10. The van der Waals surface area contributed by atoms with Crippen LogP contribution in [0.15, 0.2) is 12.4 Å². The molecule has 72 valence electrons. The van der Waals surface area contributed by atoms with Gasteiger partial charge in [0, 0.05) is 25.7 Å². The van der Waals surface area contributed by atoms with Crippen molar-refractivity contribution in [2.45, 2.75) is 26.8 Å². The molecule has 0 spiro atoms. The molecule has 4 nitrogen and oxygen atoms in total. The number of esters is 1. The third kappa shape index (κ3) is 2.89. The topological polar surface area (TPSA) is 44.1 Å². The highest BCUT2D eigenvalue weighted by atomic mass is 16.5. The Kier molecular flexibility index (Phi) is 3.49. The zero-order chi connectivity index (χ0) is 9.68. The van der Waals surface area contributed by atoms with E-state index in [1.807, 2.05) is 17.7 Å². The largest absolute Gasteiger partial charge is 0.464 e. The summed E-state index contributed by atoms with van der Waals surface area (Å²) in [7, 11) is 0. The predicted octanol–water partition coefficient (Wildman–Crippen LogP) is 1.01. The number of aryl methyl sites for hydroxylation is 1. The number of rotatable bonds is 4. The highest BCUT2D eigenvalue weighted by Crippen LogP contribution is 1.98. The van der Waals surface area contributed by atoms with E-state index in [-0.39, 0.29) is 5.97 Å². The van der Waals surface area contributed by atoms with Crippen LogP contribution in [0.25, 0.3) is 0 Å². The van der Waals surface area contributed by atoms with Crippen molar-refractivity contribution in [2.75, 3.05) is 6.61 Å². The van der Waals surface area contributed by atoms with Crippen LogP contribution in [0.2, 0.25) is 0 Å². The van der Waals surface area contributed by atoms with Crippen molar-refractivity contribution in [1.82, 2.24) is 9.55 Å². The van der Waals surface area contributed by atoms with Crippen LogP contribution in [0.4, 0.5) is 0 Å². The third-order valence-corrected chi connectivity index (χ3v) is 1.76. The van der Waals surface area contributed by atoms with Crippen molar-refractivity contribution in [3.05, 3.63) is 18.2 Å². The number of imidazole rings is 1. The molecule has 0 aliphatic rings. The lowest BCUT2D eigenvalue weighted by atomic mass is 10.4. The molecule has 0 saturated heterocycles. The molecule has 0 fully saturated rings. The van der Waals surface area contributed by atoms with Gasteiger partial charge in [-0.05, 0) is 0 Å². The Bertz CT molecular complexity index is 281. The Labute approximate surface area is 77.5 Å². The van der Waals surface area contributed by atoms with Crippen LogP contribution in [-0.2, 0) is 22.5 Å². The number of aromatic nitrogens is 2. The van der Waals surface area contributed by atoms with Crippen molar-refractivity contribution in [3.63, 3.8) is 0 Å². The van der Waals surface area contributed by atoms with E-state index in [1.54, 1.807) is 6.20 Å². The van der Waals surface area contributed by atoms with Crippen LogP contribution in [0, 0.1) is 0 Å². The van der Waals surface area contributed by atoms with Gasteiger partial charge < -0.3 is 9.30 Å². The summed E-state index contributed by atoms with van der Waals surface area (Å²) in [5, 5.41) is 0. The molecule has 0 amide bonds. The summed E-state index contributed by atoms with van der Waals surface area (Å²) in [4.78, 5) is 14.6. The quantitative estimate of drug-likeness (QED) is 0.653. The van der Waals surface area contributed by atoms with E-state index in [0.29, 0.717) is 13.2 Å². The Hall–Kier alpha value is -1.32. The van der Waals surface area contributed by atoms with Crippen LogP contribution in [0.3, 0.4) is 0 Å². The van der Waals surface area contributed by atoms with Crippen LogP contribution in [0.5, 0.6) is 0 Å². The van der Waals surface area contributed by atoms with Crippen molar-refractivity contribution in [1.29, 1.82) is 0 Å². The van der Waals surface area contributed by atoms with Gasteiger partial charge in [-0.3, -0.25) is 4.79 Å². The first-order valence-electron chi connectivity index (χ1n) is 4.37. The van der Waals surface area contributed by atoms with E-state index in [1.165, 1.54) is 6.92 Å². The van der Waals surface area contributed by atoms with Gasteiger partial charge in [0.1, 0.15) is 12.4 Å². The zero-order valence-electron chi connectivity index (χ0n) is 7.99. The van der Waals surface area contributed by atoms with Gasteiger partial charge in [-0.15, -0.1) is 0 Å². The van der Waals surface area contributed by atoms with Gasteiger partial charge >= 0.3 is 5.97 Å². The Balaban J connectivity index is 2.40. The van der Waals surface area contributed by atoms with E-state index in [4.69, 9.17) is 4.74 Å². The van der Waals surface area contributed by atoms with Gasteiger partial charge in [-0.25, -0.2) is 4.98 Å². The highest BCUT2D eigenvalue weighted by Gasteiger charge is 1.99. The molecular weight excluding hydrogens is 168 g/mol. The molecule has 1 aromatic rings. The van der Waals surface area contributed by atoms with E-state index < -0.39 is 0 Å². The molecule has 0 radical (unpaired) electrons. The fourth-order valence-corrected chi connectivity index (χ4v) is 1.15. The second kappa shape index (κ2) is 4.64. The van der Waals surface area contributed by atoms with Gasteiger partial charge in [-0.1, -0.05) is 6.92 Å². The monoisotopic (exact) mass is 182 g/mol. The predicted molar refractivity (Wildman–Crippen MR) is 48.2 cm³/mol. The van der Waals surface area contributed by atoms with Gasteiger partial charge in [0.25, 0.3) is 0 Å². The Morgan fingerprint density at radius 3 is 3.08 bits per heavy atom. The summed E-state index contributed by atoms with van der Waals surface area (Å²) >= 11 is 0. The minimum absolute atomic E-state index is 0.238. The number of hydrogen-bond donors (Lipinski definition) is 0. The molecule has 0 saturated carbocycles. The molecule has 0 N–H and O–H groups in total. The first-order chi connectivity index (χ1) is 6.24. The first kappa shape index (κ1) is 9.77. The standard InChI is InChI=1S/C9H14N2O2/c1-3-9-10-4-5-11(9)6-7-13-8(2)12/h4-5H,3,6-7H2,1-2H3. The molecule has 1 heterocycles. The smallest absolute Gasteiger partial charge is 0.302 e. The summed E-state index contributed by atoms with van der Waals surface area (Å²) in [6, 6.07) is 0. The van der Waals surface area contributed by atoms with Crippen molar-refractivity contribution in [2.24, 2.45) is 0 Å². The molecule has 1 rings (SSSR count). The third-order valence-electron chi connectivity index (χ3n) is 1.76. The average molecular weight is 182 g/mol. The van der Waals surface area contributed by atoms with Crippen molar-refractivity contribution in [3.8, 4) is 0 Å². The lowest BCUT2D eigenvalue weighted by Gasteiger charge is -2.05. The van der Waals surface area contributed by atoms with E-state index in [9.17, 15) is 4.79 Å². The number of carbonyl (C=O) groups excluding carboxylic acids is 1. The first-order valence-corrected chi connectivity index (χ1v) is 4.37. The molecule has 1 aromatic heterocycles. The van der Waals surface area contributed by atoms with Crippen molar-refractivity contribution < 1.29 is 9.53 Å². The van der Waals surface area contributed by atoms with Crippen molar-refractivity contribution >= 4 is 5.97 Å². The number of ether oxygens (including phenoxy) is 1. The second-order valence-electron chi connectivity index (χ2n) is 2.73. The van der Waals surface area contributed by atoms with E-state index in [0.717, 1.165) is 12.2 Å². The normalized spacial score (nSPS) is 10.0. The second-order valence-corrected chi connectivity index (χ2v) is 2.73. The van der Waals surface area contributed by atoms with Gasteiger partial charge in [-0.2, -0.15) is 0 Å². The number of carbonyl (C=O) groups is 1. The molecule has 0 unspecified atom stereocenters. The van der Waals surface area contributed by atoms with Gasteiger partial charge in [0.2, 0.25) is 0 Å². The van der Waals surface area contributed by atoms with Gasteiger partial charge in [0.05, 0.1) is 6.54 Å². The molecule has 0 aliphatic heterocycles. The molecule has 13 heavy (non-hydrogen) atoms. The maximum absolute atomic E-state index is 10.5. The molecule has 0 bridgehead atoms. The molecule has 0 aromatic carbocycles. The molecule has 0 aliphatic carbocycles. The molecular formula is C9H14N2O2. The SMILES string of the molecule is CCc1nccn1CCOC(C)=O.